The Morgan fingerprint density at radius 1 is 1.22 bits per heavy atom. The van der Waals surface area contributed by atoms with E-state index in [1.165, 1.54) is 0 Å². The van der Waals surface area contributed by atoms with Crippen molar-refractivity contribution in [3.05, 3.63) is 28.2 Å². The summed E-state index contributed by atoms with van der Waals surface area (Å²) in [7, 11) is 0. The van der Waals surface area contributed by atoms with Crippen LogP contribution < -0.4 is 5.32 Å². The highest BCUT2D eigenvalue weighted by Gasteiger charge is 2.21. The van der Waals surface area contributed by atoms with Crippen molar-refractivity contribution < 1.29 is 9.53 Å². The number of hydrogen-bond donors (Lipinski definition) is 1. The third-order valence-electron chi connectivity index (χ3n) is 1.75. The van der Waals surface area contributed by atoms with Crippen LogP contribution in [0.3, 0.4) is 0 Å². The van der Waals surface area contributed by atoms with E-state index in [1.54, 1.807) is 18.2 Å². The molecule has 1 N–H and O–H groups in total. The van der Waals surface area contributed by atoms with E-state index in [2.05, 4.69) is 5.32 Å². The molecular weight excluding hydrogens is 343 g/mol. The molecule has 0 bridgehead atoms. The minimum atomic E-state index is -1.61. The molecule has 1 aromatic rings. The lowest BCUT2D eigenvalue weighted by molar-refractivity contribution is -0.141. The van der Waals surface area contributed by atoms with Gasteiger partial charge in [0, 0.05) is 5.69 Å². The SMILES string of the molecule is O=C(CNc1ccc(Cl)c(Cl)c1)OCC(Cl)(Cl)Cl. The highest BCUT2D eigenvalue weighted by Crippen LogP contribution is 2.26. The maximum absolute atomic E-state index is 11.3. The van der Waals surface area contributed by atoms with E-state index in [9.17, 15) is 4.79 Å². The van der Waals surface area contributed by atoms with Crippen LogP contribution in [0.15, 0.2) is 18.2 Å². The largest absolute Gasteiger partial charge is 0.460 e. The van der Waals surface area contributed by atoms with Crippen LogP contribution in [0.1, 0.15) is 0 Å². The summed E-state index contributed by atoms with van der Waals surface area (Å²) in [4.78, 5) is 11.3. The first-order valence-electron chi connectivity index (χ1n) is 4.69. The molecule has 0 aliphatic carbocycles. The van der Waals surface area contributed by atoms with Crippen LogP contribution in [-0.2, 0) is 9.53 Å². The summed E-state index contributed by atoms with van der Waals surface area (Å²) >= 11 is 27.9. The zero-order chi connectivity index (χ0) is 13.8. The van der Waals surface area contributed by atoms with Crippen LogP contribution in [0.25, 0.3) is 0 Å². The van der Waals surface area contributed by atoms with Crippen molar-refractivity contribution in [3.63, 3.8) is 0 Å². The van der Waals surface area contributed by atoms with E-state index < -0.39 is 9.76 Å². The number of ether oxygens (including phenoxy) is 1. The molecule has 100 valence electrons. The second-order valence-electron chi connectivity index (χ2n) is 3.26. The summed E-state index contributed by atoms with van der Waals surface area (Å²) in [6.45, 7) is -0.377. The highest BCUT2D eigenvalue weighted by molar-refractivity contribution is 6.67. The van der Waals surface area contributed by atoms with Crippen molar-refractivity contribution in [2.75, 3.05) is 18.5 Å². The van der Waals surface area contributed by atoms with Crippen molar-refractivity contribution in [2.45, 2.75) is 3.79 Å². The van der Waals surface area contributed by atoms with E-state index in [4.69, 9.17) is 62.7 Å². The van der Waals surface area contributed by atoms with Gasteiger partial charge >= 0.3 is 5.97 Å². The zero-order valence-electron chi connectivity index (χ0n) is 8.85. The molecule has 1 aromatic carbocycles. The predicted octanol–water partition coefficient (Wildman–Crippen LogP) is 4.32. The van der Waals surface area contributed by atoms with E-state index in [0.717, 1.165) is 0 Å². The number of hydrogen-bond acceptors (Lipinski definition) is 3. The van der Waals surface area contributed by atoms with Gasteiger partial charge in [-0.2, -0.15) is 0 Å². The molecule has 0 spiro atoms. The lowest BCUT2D eigenvalue weighted by atomic mass is 10.3. The van der Waals surface area contributed by atoms with Gasteiger partial charge in [-0.1, -0.05) is 58.0 Å². The molecule has 1 rings (SSSR count). The van der Waals surface area contributed by atoms with Gasteiger partial charge in [0.05, 0.1) is 10.0 Å². The van der Waals surface area contributed by atoms with E-state index in [0.29, 0.717) is 15.7 Å². The van der Waals surface area contributed by atoms with Crippen LogP contribution >= 0.6 is 58.0 Å². The van der Waals surface area contributed by atoms with Crippen LogP contribution in [0.2, 0.25) is 10.0 Å². The first-order chi connectivity index (χ1) is 8.28. The van der Waals surface area contributed by atoms with Crippen molar-refractivity contribution in [2.24, 2.45) is 0 Å². The van der Waals surface area contributed by atoms with Crippen LogP contribution in [-0.4, -0.2) is 22.9 Å². The van der Waals surface area contributed by atoms with Gasteiger partial charge in [0.15, 0.2) is 0 Å². The number of halogens is 5. The standard InChI is InChI=1S/C10H8Cl5NO2/c11-7-2-1-6(3-8(7)12)16-4-9(17)18-5-10(13,14)15/h1-3,16H,4-5H2. The lowest BCUT2D eigenvalue weighted by Gasteiger charge is -2.12. The number of carbonyl (C=O) groups excluding carboxylic acids is 1. The fraction of sp³-hybridized carbons (Fsp3) is 0.300. The number of esters is 1. The fourth-order valence-electron chi connectivity index (χ4n) is 0.994. The molecule has 0 amide bonds. The summed E-state index contributed by atoms with van der Waals surface area (Å²) in [5, 5.41) is 3.62. The molecule has 0 fully saturated rings. The summed E-state index contributed by atoms with van der Waals surface area (Å²) < 4.78 is 3.11. The number of alkyl halides is 3. The van der Waals surface area contributed by atoms with Gasteiger partial charge < -0.3 is 10.1 Å². The summed E-state index contributed by atoms with van der Waals surface area (Å²) in [5.41, 5.74) is 0.634. The molecule has 0 radical (unpaired) electrons. The van der Waals surface area contributed by atoms with Gasteiger partial charge in [-0.3, -0.25) is 4.79 Å². The Morgan fingerprint density at radius 3 is 2.44 bits per heavy atom. The Kier molecular flexibility index (Phi) is 6.15. The van der Waals surface area contributed by atoms with E-state index in [-0.39, 0.29) is 13.2 Å². The van der Waals surface area contributed by atoms with E-state index in [1.807, 2.05) is 0 Å². The van der Waals surface area contributed by atoms with Gasteiger partial charge in [0.2, 0.25) is 3.79 Å². The molecule has 0 aliphatic heterocycles. The van der Waals surface area contributed by atoms with Gasteiger partial charge in [0.1, 0.15) is 13.2 Å². The molecule has 0 atom stereocenters. The maximum Gasteiger partial charge on any atom is 0.325 e. The smallest absolute Gasteiger partial charge is 0.325 e. The number of anilines is 1. The molecule has 8 heteroatoms. The van der Waals surface area contributed by atoms with Crippen molar-refractivity contribution in [1.82, 2.24) is 0 Å². The second kappa shape index (κ2) is 6.92. The van der Waals surface area contributed by atoms with Crippen LogP contribution in [0.5, 0.6) is 0 Å². The molecule has 0 saturated carbocycles. The Balaban J connectivity index is 2.40. The number of nitrogens with one attached hydrogen (secondary N) is 1. The van der Waals surface area contributed by atoms with E-state index >= 15 is 0 Å². The highest BCUT2D eigenvalue weighted by atomic mass is 35.6. The number of carbonyl (C=O) groups is 1. The molecule has 0 heterocycles. The molecular formula is C10H8Cl5NO2. The van der Waals surface area contributed by atoms with Crippen molar-refractivity contribution in [1.29, 1.82) is 0 Å². The third-order valence-corrected chi connectivity index (χ3v) is 2.82. The summed E-state index contributed by atoms with van der Waals surface area (Å²) in [5.74, 6) is -0.549. The van der Waals surface area contributed by atoms with Gasteiger partial charge in [-0.05, 0) is 18.2 Å². The normalized spacial score (nSPS) is 11.2. The van der Waals surface area contributed by atoms with Gasteiger partial charge in [-0.15, -0.1) is 0 Å². The Labute approximate surface area is 129 Å². The molecule has 0 aromatic heterocycles. The number of rotatable bonds is 4. The Hall–Kier alpha value is -0.0600. The Morgan fingerprint density at radius 2 is 1.89 bits per heavy atom. The molecule has 0 aliphatic rings. The quantitative estimate of drug-likeness (QED) is 0.649. The number of benzene rings is 1. The maximum atomic E-state index is 11.3. The van der Waals surface area contributed by atoms with Crippen molar-refractivity contribution >= 4 is 69.7 Å². The molecule has 3 nitrogen and oxygen atoms in total. The second-order valence-corrected chi connectivity index (χ2v) is 6.59. The Bertz CT molecular complexity index is 433. The minimum absolute atomic E-state index is 0.0707. The average molecular weight is 351 g/mol. The summed E-state index contributed by atoms with van der Waals surface area (Å²) in [6, 6.07) is 4.88. The monoisotopic (exact) mass is 349 g/mol. The zero-order valence-corrected chi connectivity index (χ0v) is 12.6. The predicted molar refractivity (Wildman–Crippen MR) is 76.2 cm³/mol. The van der Waals surface area contributed by atoms with Crippen LogP contribution in [0, 0.1) is 0 Å². The molecule has 0 saturated heterocycles. The average Bonchev–Trinajstić information content (AvgIpc) is 2.27. The fourth-order valence-corrected chi connectivity index (χ4v) is 1.46. The topological polar surface area (TPSA) is 38.3 Å². The molecule has 18 heavy (non-hydrogen) atoms. The van der Waals surface area contributed by atoms with Crippen molar-refractivity contribution in [3.8, 4) is 0 Å². The first kappa shape index (κ1) is 16.0. The lowest BCUT2D eigenvalue weighted by Crippen LogP contribution is -2.22. The molecule has 0 unspecified atom stereocenters. The third kappa shape index (κ3) is 6.21. The summed E-state index contributed by atoms with van der Waals surface area (Å²) in [6.07, 6.45) is 0. The van der Waals surface area contributed by atoms with Gasteiger partial charge in [0.25, 0.3) is 0 Å². The minimum Gasteiger partial charge on any atom is -0.460 e. The first-order valence-corrected chi connectivity index (χ1v) is 6.58. The van der Waals surface area contributed by atoms with Gasteiger partial charge in [-0.25, -0.2) is 0 Å². The van der Waals surface area contributed by atoms with Crippen LogP contribution in [0.4, 0.5) is 5.69 Å².